The van der Waals surface area contributed by atoms with Crippen LogP contribution in [0.25, 0.3) is 16.7 Å². The van der Waals surface area contributed by atoms with Gasteiger partial charge in [0, 0.05) is 13.0 Å². The normalized spacial score (nSPS) is 18.3. The number of rotatable bonds is 9. The highest BCUT2D eigenvalue weighted by Gasteiger charge is 2.26. The van der Waals surface area contributed by atoms with E-state index in [1.54, 1.807) is 24.3 Å². The van der Waals surface area contributed by atoms with E-state index in [9.17, 15) is 14.3 Å². The van der Waals surface area contributed by atoms with Crippen LogP contribution in [0.1, 0.15) is 64.5 Å². The third-order valence-corrected chi connectivity index (χ3v) is 7.90. The Hall–Kier alpha value is -4.69. The first-order valence-corrected chi connectivity index (χ1v) is 13.9. The number of carbonyl (C=O) groups is 1. The number of ether oxygens (including phenoxy) is 2. The highest BCUT2D eigenvalue weighted by atomic mass is 19.1. The molecule has 1 fully saturated rings. The quantitative estimate of drug-likeness (QED) is 0.295. The van der Waals surface area contributed by atoms with Crippen LogP contribution in [-0.2, 0) is 24.3 Å². The van der Waals surface area contributed by atoms with Crippen molar-refractivity contribution in [1.82, 2.24) is 24.5 Å². The van der Waals surface area contributed by atoms with Crippen molar-refractivity contribution in [2.75, 3.05) is 6.61 Å². The van der Waals surface area contributed by atoms with Gasteiger partial charge in [0.25, 0.3) is 5.88 Å². The average Bonchev–Trinajstić information content (AvgIpc) is 3.31. The van der Waals surface area contributed by atoms with Gasteiger partial charge in [-0.1, -0.05) is 12.1 Å². The maximum absolute atomic E-state index is 14.5. The monoisotopic (exact) mass is 568 g/mol. The number of nitriles is 1. The van der Waals surface area contributed by atoms with Gasteiger partial charge in [0.15, 0.2) is 17.2 Å². The summed E-state index contributed by atoms with van der Waals surface area (Å²) in [6.07, 6.45) is 7.32. The summed E-state index contributed by atoms with van der Waals surface area (Å²) in [6, 6.07) is 10.6. The lowest BCUT2D eigenvalue weighted by Gasteiger charge is -2.28. The molecular weight excluding hydrogens is 539 g/mol. The van der Waals surface area contributed by atoms with Crippen molar-refractivity contribution < 1.29 is 23.8 Å². The fourth-order valence-electron chi connectivity index (χ4n) is 5.36. The number of imidazole rings is 1. The van der Waals surface area contributed by atoms with Crippen LogP contribution in [0.5, 0.6) is 5.88 Å². The van der Waals surface area contributed by atoms with Crippen molar-refractivity contribution in [2.24, 2.45) is 5.92 Å². The predicted molar refractivity (Wildman–Crippen MR) is 150 cm³/mol. The molecule has 1 aliphatic carbocycles. The number of carboxylic acid groups (broad SMARTS) is 1. The van der Waals surface area contributed by atoms with E-state index in [4.69, 9.17) is 19.7 Å². The summed E-state index contributed by atoms with van der Waals surface area (Å²) in [6.45, 7) is 3.32. The van der Waals surface area contributed by atoms with Gasteiger partial charge in [-0.15, -0.1) is 0 Å². The van der Waals surface area contributed by atoms with Crippen LogP contribution in [-0.4, -0.2) is 48.3 Å². The summed E-state index contributed by atoms with van der Waals surface area (Å²) in [7, 11) is 0. The van der Waals surface area contributed by atoms with Crippen LogP contribution in [0, 0.1) is 30.0 Å². The molecule has 1 saturated heterocycles. The van der Waals surface area contributed by atoms with Gasteiger partial charge in [-0.2, -0.15) is 14.6 Å². The second-order valence-electron chi connectivity index (χ2n) is 10.7. The van der Waals surface area contributed by atoms with Crippen molar-refractivity contribution in [3.05, 3.63) is 82.5 Å². The molecule has 1 N–H and O–H groups in total. The molecule has 6 rings (SSSR count). The SMILES string of the molecule is Cc1cc(C#N)ccc1COc1nc(C2=CCC(Cc3nc4ccc(C(=O)O)nc4n3CC3CCO3)CC2)ncc1F. The Morgan fingerprint density at radius 2 is 2.10 bits per heavy atom. The van der Waals surface area contributed by atoms with Crippen molar-refractivity contribution in [1.29, 1.82) is 5.26 Å². The zero-order valence-corrected chi connectivity index (χ0v) is 23.1. The molecule has 11 heteroatoms. The first-order chi connectivity index (χ1) is 20.4. The van der Waals surface area contributed by atoms with Crippen LogP contribution >= 0.6 is 0 Å². The third-order valence-electron chi connectivity index (χ3n) is 7.90. The molecule has 2 unspecified atom stereocenters. The van der Waals surface area contributed by atoms with Crippen LogP contribution in [0.3, 0.4) is 0 Å². The largest absolute Gasteiger partial charge is 0.477 e. The topological polar surface area (TPSA) is 136 Å². The molecule has 42 heavy (non-hydrogen) atoms. The second kappa shape index (κ2) is 11.7. The van der Waals surface area contributed by atoms with E-state index in [1.807, 2.05) is 11.5 Å². The molecule has 0 amide bonds. The predicted octanol–water partition coefficient (Wildman–Crippen LogP) is 5.03. The molecule has 0 saturated carbocycles. The standard InChI is InChI=1S/C31H29FN6O4/c1-18-12-20(14-33)4-7-22(18)17-42-30-24(32)15-34-28(37-30)21-5-2-19(3-6-21)13-27-35-25-8-9-26(31(39)40)36-29(25)38(27)16-23-10-11-41-23/h4-5,7-9,12,15,19,23H,2-3,6,10-11,13,16-17H2,1H3,(H,39,40). The number of halogens is 1. The summed E-state index contributed by atoms with van der Waals surface area (Å²) in [4.78, 5) is 29.3. The Labute approximate surface area is 241 Å². The first kappa shape index (κ1) is 27.5. The fraction of sp³-hybridized carbons (Fsp3) is 0.355. The number of aromatic nitrogens is 5. The van der Waals surface area contributed by atoms with Gasteiger partial charge in [-0.05, 0) is 79.5 Å². The van der Waals surface area contributed by atoms with Gasteiger partial charge in [0.05, 0.1) is 30.5 Å². The van der Waals surface area contributed by atoms with E-state index >= 15 is 0 Å². The van der Waals surface area contributed by atoms with Crippen LogP contribution < -0.4 is 4.74 Å². The summed E-state index contributed by atoms with van der Waals surface area (Å²) >= 11 is 0. The molecule has 0 bridgehead atoms. The number of fused-ring (bicyclic) bond motifs is 1. The lowest BCUT2D eigenvalue weighted by atomic mass is 9.87. The zero-order chi connectivity index (χ0) is 29.2. The molecule has 4 heterocycles. The highest BCUT2D eigenvalue weighted by Crippen LogP contribution is 2.32. The first-order valence-electron chi connectivity index (χ1n) is 13.9. The number of aromatic carboxylic acids is 1. The minimum Gasteiger partial charge on any atom is -0.477 e. The van der Waals surface area contributed by atoms with Gasteiger partial charge in [-0.3, -0.25) is 0 Å². The lowest BCUT2D eigenvalue weighted by Crippen LogP contribution is -2.32. The fourth-order valence-corrected chi connectivity index (χ4v) is 5.36. The molecule has 0 spiro atoms. The minimum absolute atomic E-state index is 0.00958. The zero-order valence-electron chi connectivity index (χ0n) is 23.1. The van der Waals surface area contributed by atoms with Gasteiger partial charge < -0.3 is 19.1 Å². The van der Waals surface area contributed by atoms with Crippen LogP contribution in [0.4, 0.5) is 4.39 Å². The number of allylic oxidation sites excluding steroid dienone is 2. The Morgan fingerprint density at radius 1 is 1.24 bits per heavy atom. The Kier molecular flexibility index (Phi) is 7.63. The number of aryl methyl sites for hydroxylation is 1. The molecule has 1 aliphatic heterocycles. The van der Waals surface area contributed by atoms with Crippen LogP contribution in [0.15, 0.2) is 42.6 Å². The van der Waals surface area contributed by atoms with E-state index in [1.165, 1.54) is 6.07 Å². The molecule has 10 nitrogen and oxygen atoms in total. The maximum Gasteiger partial charge on any atom is 0.354 e. The number of pyridine rings is 1. The molecule has 2 atom stereocenters. The van der Waals surface area contributed by atoms with E-state index in [-0.39, 0.29) is 24.3 Å². The summed E-state index contributed by atoms with van der Waals surface area (Å²) in [5.41, 5.74) is 4.46. The van der Waals surface area contributed by atoms with Crippen molar-refractivity contribution in [3.63, 3.8) is 0 Å². The molecular formula is C31H29FN6O4. The molecule has 214 valence electrons. The molecule has 2 aliphatic rings. The van der Waals surface area contributed by atoms with Crippen molar-refractivity contribution >= 4 is 22.7 Å². The molecule has 3 aromatic heterocycles. The average molecular weight is 569 g/mol. The van der Waals surface area contributed by atoms with Crippen molar-refractivity contribution in [2.45, 2.75) is 58.3 Å². The maximum atomic E-state index is 14.5. The Morgan fingerprint density at radius 3 is 2.79 bits per heavy atom. The smallest absolute Gasteiger partial charge is 0.354 e. The number of hydrogen-bond donors (Lipinski definition) is 1. The third kappa shape index (κ3) is 5.71. The summed E-state index contributed by atoms with van der Waals surface area (Å²) < 4.78 is 27.9. The number of benzene rings is 1. The summed E-state index contributed by atoms with van der Waals surface area (Å²) in [5, 5.41) is 18.5. The van der Waals surface area contributed by atoms with Crippen LogP contribution in [0.2, 0.25) is 0 Å². The van der Waals surface area contributed by atoms with Gasteiger partial charge in [-0.25, -0.2) is 19.7 Å². The summed E-state index contributed by atoms with van der Waals surface area (Å²) in [5.74, 6) is -0.191. The second-order valence-corrected chi connectivity index (χ2v) is 10.7. The van der Waals surface area contributed by atoms with Gasteiger partial charge in [0.2, 0.25) is 5.82 Å². The number of carboxylic acids is 1. The highest BCUT2D eigenvalue weighted by molar-refractivity contribution is 5.88. The van der Waals surface area contributed by atoms with Crippen molar-refractivity contribution in [3.8, 4) is 11.9 Å². The van der Waals surface area contributed by atoms with E-state index in [0.29, 0.717) is 41.4 Å². The minimum atomic E-state index is -1.07. The molecule has 0 radical (unpaired) electrons. The van der Waals surface area contributed by atoms with E-state index < -0.39 is 11.8 Å². The number of hydrogen-bond acceptors (Lipinski definition) is 8. The van der Waals surface area contributed by atoms with Gasteiger partial charge in [0.1, 0.15) is 17.9 Å². The van der Waals surface area contributed by atoms with Gasteiger partial charge >= 0.3 is 5.97 Å². The molecule has 4 aromatic rings. The Balaban J connectivity index is 1.16. The Bertz CT molecular complexity index is 1740. The lowest BCUT2D eigenvalue weighted by molar-refractivity contribution is -0.0591. The van der Waals surface area contributed by atoms with E-state index in [0.717, 1.165) is 61.0 Å². The molecule has 1 aromatic carbocycles. The number of nitrogens with zero attached hydrogens (tertiary/aromatic N) is 6. The van der Waals surface area contributed by atoms with E-state index in [2.05, 4.69) is 27.1 Å².